The molecule has 0 saturated carbocycles. The molecule has 0 aliphatic rings. The summed E-state index contributed by atoms with van der Waals surface area (Å²) < 4.78 is 1.77. The molecule has 84 valence electrons. The predicted octanol–water partition coefficient (Wildman–Crippen LogP) is -0.0116. The zero-order valence-corrected chi connectivity index (χ0v) is 9.09. The Morgan fingerprint density at radius 2 is 2.47 bits per heavy atom. The molecule has 0 amide bonds. The lowest BCUT2D eigenvalue weighted by Gasteiger charge is -2.14. The van der Waals surface area contributed by atoms with E-state index >= 15 is 0 Å². The summed E-state index contributed by atoms with van der Waals surface area (Å²) in [4.78, 5) is 2.07. The van der Waals surface area contributed by atoms with Crippen molar-refractivity contribution in [3.8, 4) is 0 Å². The fraction of sp³-hybridized carbons (Fsp3) is 0.556. The fourth-order valence-corrected chi connectivity index (χ4v) is 1.26. The number of aromatic nitrogens is 2. The van der Waals surface area contributed by atoms with Gasteiger partial charge in [-0.15, -0.1) is 0 Å². The fourth-order valence-electron chi connectivity index (χ4n) is 1.26. The Morgan fingerprint density at radius 1 is 1.73 bits per heavy atom. The van der Waals surface area contributed by atoms with Crippen LogP contribution in [0.5, 0.6) is 0 Å². The molecule has 0 spiro atoms. The molecule has 0 aliphatic heterocycles. The molecule has 1 aromatic heterocycles. The van der Waals surface area contributed by atoms with Crippen LogP contribution in [0.25, 0.3) is 0 Å². The van der Waals surface area contributed by atoms with Gasteiger partial charge in [0.25, 0.3) is 0 Å². The Bertz CT molecular complexity index is 333. The van der Waals surface area contributed by atoms with E-state index in [2.05, 4.69) is 15.2 Å². The molecule has 0 aliphatic carbocycles. The maximum Gasteiger partial charge on any atom is 0.140 e. The third-order valence-electron chi connectivity index (χ3n) is 2.08. The van der Waals surface area contributed by atoms with Crippen molar-refractivity contribution in [2.24, 2.45) is 17.9 Å². The summed E-state index contributed by atoms with van der Waals surface area (Å²) in [7, 11) is 3.86. The Labute approximate surface area is 89.0 Å². The molecule has 3 N–H and O–H groups in total. The van der Waals surface area contributed by atoms with E-state index in [1.165, 1.54) is 0 Å². The van der Waals surface area contributed by atoms with Crippen molar-refractivity contribution in [2.75, 3.05) is 13.6 Å². The summed E-state index contributed by atoms with van der Waals surface area (Å²) in [5.74, 6) is 0.253. The van der Waals surface area contributed by atoms with Gasteiger partial charge in [0.1, 0.15) is 5.84 Å². The van der Waals surface area contributed by atoms with E-state index in [9.17, 15) is 0 Å². The van der Waals surface area contributed by atoms with Crippen LogP contribution in [0, 0.1) is 0 Å². The minimum Gasteiger partial charge on any atom is -0.409 e. The van der Waals surface area contributed by atoms with Gasteiger partial charge in [-0.1, -0.05) is 5.16 Å². The Balaban J connectivity index is 2.33. The number of rotatable bonds is 5. The van der Waals surface area contributed by atoms with E-state index in [1.54, 1.807) is 4.68 Å². The molecule has 1 aromatic rings. The SMILES string of the molecule is CN(CC/C(N)=N/O)Cc1ccn(C)n1. The zero-order valence-electron chi connectivity index (χ0n) is 9.09. The minimum atomic E-state index is 0.253. The van der Waals surface area contributed by atoms with Crippen LogP contribution >= 0.6 is 0 Å². The van der Waals surface area contributed by atoms with E-state index < -0.39 is 0 Å². The highest BCUT2D eigenvalue weighted by Crippen LogP contribution is 1.99. The highest BCUT2D eigenvalue weighted by atomic mass is 16.4. The van der Waals surface area contributed by atoms with Crippen LogP contribution in [0.1, 0.15) is 12.1 Å². The van der Waals surface area contributed by atoms with Crippen molar-refractivity contribution in [1.82, 2.24) is 14.7 Å². The molecular formula is C9H17N5O. The van der Waals surface area contributed by atoms with Crippen LogP contribution in [-0.4, -0.2) is 39.3 Å². The van der Waals surface area contributed by atoms with Gasteiger partial charge < -0.3 is 15.8 Å². The summed E-state index contributed by atoms with van der Waals surface area (Å²) in [5, 5.41) is 15.6. The summed E-state index contributed by atoms with van der Waals surface area (Å²) in [6, 6.07) is 1.97. The van der Waals surface area contributed by atoms with Crippen molar-refractivity contribution >= 4 is 5.84 Å². The monoisotopic (exact) mass is 211 g/mol. The molecule has 15 heavy (non-hydrogen) atoms. The predicted molar refractivity (Wildman–Crippen MR) is 57.6 cm³/mol. The topological polar surface area (TPSA) is 79.7 Å². The van der Waals surface area contributed by atoms with Gasteiger partial charge in [0.15, 0.2) is 0 Å². The number of nitrogens with zero attached hydrogens (tertiary/aromatic N) is 4. The first-order chi connectivity index (χ1) is 7.11. The number of aryl methyl sites for hydroxylation is 1. The molecule has 6 heteroatoms. The lowest BCUT2D eigenvalue weighted by molar-refractivity contribution is 0.308. The minimum absolute atomic E-state index is 0.253. The van der Waals surface area contributed by atoms with Crippen LogP contribution < -0.4 is 5.73 Å². The Kier molecular flexibility index (Phi) is 4.11. The zero-order chi connectivity index (χ0) is 11.3. The summed E-state index contributed by atoms with van der Waals surface area (Å²) >= 11 is 0. The van der Waals surface area contributed by atoms with Crippen LogP contribution in [0.2, 0.25) is 0 Å². The van der Waals surface area contributed by atoms with E-state index in [4.69, 9.17) is 10.9 Å². The first-order valence-corrected chi connectivity index (χ1v) is 4.75. The molecule has 0 unspecified atom stereocenters. The first-order valence-electron chi connectivity index (χ1n) is 4.75. The number of hydrogen-bond acceptors (Lipinski definition) is 4. The van der Waals surface area contributed by atoms with Gasteiger partial charge in [-0.3, -0.25) is 4.68 Å². The number of amidine groups is 1. The molecule has 0 radical (unpaired) electrons. The highest BCUT2D eigenvalue weighted by molar-refractivity contribution is 5.79. The number of oxime groups is 1. The molecule has 0 saturated heterocycles. The van der Waals surface area contributed by atoms with E-state index in [1.807, 2.05) is 26.4 Å². The third-order valence-corrected chi connectivity index (χ3v) is 2.08. The molecule has 0 aromatic carbocycles. The Morgan fingerprint density at radius 3 is 3.00 bits per heavy atom. The summed E-state index contributed by atoms with van der Waals surface area (Å²) in [6.45, 7) is 1.51. The average molecular weight is 211 g/mol. The second kappa shape index (κ2) is 5.35. The van der Waals surface area contributed by atoms with Crippen molar-refractivity contribution in [3.63, 3.8) is 0 Å². The molecule has 1 heterocycles. The number of nitrogens with two attached hydrogens (primary N) is 1. The third kappa shape index (κ3) is 3.99. The van der Waals surface area contributed by atoms with E-state index in [0.717, 1.165) is 18.8 Å². The van der Waals surface area contributed by atoms with Gasteiger partial charge >= 0.3 is 0 Å². The Hall–Kier alpha value is -1.56. The van der Waals surface area contributed by atoms with Crippen molar-refractivity contribution < 1.29 is 5.21 Å². The highest BCUT2D eigenvalue weighted by Gasteiger charge is 2.03. The van der Waals surface area contributed by atoms with Crippen LogP contribution in [0.3, 0.4) is 0 Å². The van der Waals surface area contributed by atoms with Gasteiger partial charge in [0.05, 0.1) is 5.69 Å². The average Bonchev–Trinajstić information content (AvgIpc) is 2.60. The molecular weight excluding hydrogens is 194 g/mol. The maximum absolute atomic E-state index is 8.37. The van der Waals surface area contributed by atoms with Crippen molar-refractivity contribution in [1.29, 1.82) is 0 Å². The standard InChI is InChI=1S/C9H17N5O/c1-13(5-4-9(10)12-15)7-8-3-6-14(2)11-8/h3,6,15H,4-5,7H2,1-2H3,(H2,10,12). The quantitative estimate of drug-likeness (QED) is 0.311. The smallest absolute Gasteiger partial charge is 0.140 e. The first kappa shape index (κ1) is 11.5. The lowest BCUT2D eigenvalue weighted by atomic mass is 10.3. The van der Waals surface area contributed by atoms with Crippen LogP contribution in [-0.2, 0) is 13.6 Å². The molecule has 0 bridgehead atoms. The molecule has 6 nitrogen and oxygen atoms in total. The van der Waals surface area contributed by atoms with Gasteiger partial charge in [-0.25, -0.2) is 0 Å². The van der Waals surface area contributed by atoms with Gasteiger partial charge in [-0.2, -0.15) is 5.10 Å². The van der Waals surface area contributed by atoms with Crippen LogP contribution in [0.15, 0.2) is 17.4 Å². The van der Waals surface area contributed by atoms with Gasteiger partial charge in [-0.05, 0) is 13.1 Å². The molecule has 0 fully saturated rings. The molecule has 1 rings (SSSR count). The van der Waals surface area contributed by atoms with Crippen molar-refractivity contribution in [2.45, 2.75) is 13.0 Å². The second-order valence-corrected chi connectivity index (χ2v) is 3.56. The largest absolute Gasteiger partial charge is 0.409 e. The van der Waals surface area contributed by atoms with Crippen LogP contribution in [0.4, 0.5) is 0 Å². The van der Waals surface area contributed by atoms with Gasteiger partial charge in [0.2, 0.25) is 0 Å². The molecule has 0 atom stereocenters. The van der Waals surface area contributed by atoms with E-state index in [-0.39, 0.29) is 5.84 Å². The van der Waals surface area contributed by atoms with Crippen molar-refractivity contribution in [3.05, 3.63) is 18.0 Å². The van der Waals surface area contributed by atoms with Gasteiger partial charge in [0, 0.05) is 32.8 Å². The van der Waals surface area contributed by atoms with E-state index in [0.29, 0.717) is 6.42 Å². The number of hydrogen-bond donors (Lipinski definition) is 2. The lowest BCUT2D eigenvalue weighted by Crippen LogP contribution is -2.24. The second-order valence-electron chi connectivity index (χ2n) is 3.56. The maximum atomic E-state index is 8.37. The summed E-state index contributed by atoms with van der Waals surface area (Å²) in [6.07, 6.45) is 2.46. The normalized spacial score (nSPS) is 12.3. The summed E-state index contributed by atoms with van der Waals surface area (Å²) in [5.41, 5.74) is 6.39.